The minimum absolute atomic E-state index is 0.0910. The first-order valence-corrected chi connectivity index (χ1v) is 10.1. The molecule has 0 aliphatic heterocycles. The summed E-state index contributed by atoms with van der Waals surface area (Å²) in [6.45, 7) is 6.38. The van der Waals surface area contributed by atoms with E-state index in [2.05, 4.69) is 47.5 Å². The molecule has 0 spiro atoms. The molecule has 2 N–H and O–H groups in total. The van der Waals surface area contributed by atoms with Crippen LogP contribution in [0.15, 0.2) is 39.2 Å². The number of nitrogens with one attached hydrogen (secondary N) is 2. The Labute approximate surface area is 166 Å². The van der Waals surface area contributed by atoms with Gasteiger partial charge in [0.05, 0.1) is 17.7 Å². The van der Waals surface area contributed by atoms with Gasteiger partial charge in [-0.3, -0.25) is 9.79 Å². The molecule has 0 fully saturated rings. The highest BCUT2D eigenvalue weighted by atomic mass is 79.9. The van der Waals surface area contributed by atoms with Gasteiger partial charge in [-0.05, 0) is 25.5 Å². The summed E-state index contributed by atoms with van der Waals surface area (Å²) < 4.78 is 1.08. The third kappa shape index (κ3) is 5.81. The number of halogens is 1. The lowest BCUT2D eigenvalue weighted by molar-refractivity contribution is 0.0958. The van der Waals surface area contributed by atoms with E-state index in [1.165, 1.54) is 16.9 Å². The van der Waals surface area contributed by atoms with Crippen molar-refractivity contribution in [3.8, 4) is 0 Å². The normalized spacial score (nSPS) is 11.3. The molecule has 1 amide bonds. The van der Waals surface area contributed by atoms with Gasteiger partial charge in [0, 0.05) is 31.2 Å². The fraction of sp³-hybridized carbons (Fsp3) is 0.389. The van der Waals surface area contributed by atoms with Gasteiger partial charge in [-0.1, -0.05) is 34.1 Å². The van der Waals surface area contributed by atoms with Crippen molar-refractivity contribution in [1.29, 1.82) is 0 Å². The first kappa shape index (κ1) is 20.4. The van der Waals surface area contributed by atoms with E-state index >= 15 is 0 Å². The molecule has 0 bridgehead atoms. The monoisotopic (exact) mass is 437 g/mol. The predicted octanol–water partition coefficient (Wildman–Crippen LogP) is 3.04. The van der Waals surface area contributed by atoms with Gasteiger partial charge >= 0.3 is 0 Å². The SMILES string of the molecule is CCNC(=NCCNC(=O)c1scnc1C)N(C)Cc1ccccc1Br. The van der Waals surface area contributed by atoms with Crippen molar-refractivity contribution < 1.29 is 4.79 Å². The summed E-state index contributed by atoms with van der Waals surface area (Å²) in [5, 5.41) is 6.18. The van der Waals surface area contributed by atoms with Crippen LogP contribution in [-0.4, -0.2) is 48.4 Å². The number of amides is 1. The molecule has 0 aliphatic rings. The first-order valence-electron chi connectivity index (χ1n) is 8.44. The molecule has 0 unspecified atom stereocenters. The van der Waals surface area contributed by atoms with Crippen LogP contribution in [0.4, 0.5) is 0 Å². The number of aryl methyl sites for hydroxylation is 1. The summed E-state index contributed by atoms with van der Waals surface area (Å²) >= 11 is 4.93. The third-order valence-corrected chi connectivity index (χ3v) is 5.37. The molecule has 0 radical (unpaired) electrons. The molecular weight excluding hydrogens is 414 g/mol. The molecule has 1 aromatic carbocycles. The largest absolute Gasteiger partial charge is 0.357 e. The van der Waals surface area contributed by atoms with E-state index in [0.717, 1.165) is 29.2 Å². The van der Waals surface area contributed by atoms with Crippen LogP contribution >= 0.6 is 27.3 Å². The number of guanidine groups is 1. The maximum Gasteiger partial charge on any atom is 0.263 e. The molecule has 2 rings (SSSR count). The second-order valence-electron chi connectivity index (χ2n) is 5.71. The van der Waals surface area contributed by atoms with Crippen LogP contribution < -0.4 is 10.6 Å². The van der Waals surface area contributed by atoms with Crippen LogP contribution in [0.25, 0.3) is 0 Å². The number of benzene rings is 1. The van der Waals surface area contributed by atoms with Crippen molar-refractivity contribution in [3.63, 3.8) is 0 Å². The highest BCUT2D eigenvalue weighted by Crippen LogP contribution is 2.17. The lowest BCUT2D eigenvalue weighted by atomic mass is 10.2. The summed E-state index contributed by atoms with van der Waals surface area (Å²) in [7, 11) is 2.00. The molecule has 140 valence electrons. The standard InChI is InChI=1S/C18H24BrN5OS/c1-4-20-18(24(3)11-14-7-5-6-8-15(14)19)22-10-9-21-17(25)16-13(2)23-12-26-16/h5-8,12H,4,9-11H2,1-3H3,(H,20,22)(H,21,25). The fourth-order valence-corrected chi connectivity index (χ4v) is 3.49. The predicted molar refractivity (Wildman–Crippen MR) is 111 cm³/mol. The van der Waals surface area contributed by atoms with Crippen molar-refractivity contribution in [2.24, 2.45) is 4.99 Å². The van der Waals surface area contributed by atoms with E-state index in [9.17, 15) is 4.79 Å². The molecular formula is C18H24BrN5OS. The number of aliphatic imine (C=N–C) groups is 1. The number of thiazole rings is 1. The highest BCUT2D eigenvalue weighted by molar-refractivity contribution is 9.10. The minimum atomic E-state index is -0.0910. The Balaban J connectivity index is 1.90. The zero-order valence-corrected chi connectivity index (χ0v) is 17.7. The first-order chi connectivity index (χ1) is 12.5. The van der Waals surface area contributed by atoms with Gasteiger partial charge in [0.15, 0.2) is 5.96 Å². The summed E-state index contributed by atoms with van der Waals surface area (Å²) in [5.41, 5.74) is 3.63. The molecule has 2 aromatic rings. The summed E-state index contributed by atoms with van der Waals surface area (Å²) in [4.78, 5) is 23.5. The number of hydrogen-bond acceptors (Lipinski definition) is 4. The third-order valence-electron chi connectivity index (χ3n) is 3.67. The van der Waals surface area contributed by atoms with Gasteiger partial charge in [0.2, 0.25) is 0 Å². The Hall–Kier alpha value is -1.93. The Kier molecular flexibility index (Phi) is 8.06. The molecule has 26 heavy (non-hydrogen) atoms. The highest BCUT2D eigenvalue weighted by Gasteiger charge is 2.11. The van der Waals surface area contributed by atoms with Crippen LogP contribution in [0.2, 0.25) is 0 Å². The second-order valence-corrected chi connectivity index (χ2v) is 7.42. The molecule has 0 aliphatic carbocycles. The zero-order chi connectivity index (χ0) is 18.9. The van der Waals surface area contributed by atoms with Crippen molar-refractivity contribution in [2.75, 3.05) is 26.7 Å². The van der Waals surface area contributed by atoms with Crippen molar-refractivity contribution in [2.45, 2.75) is 20.4 Å². The van der Waals surface area contributed by atoms with Crippen LogP contribution in [0.1, 0.15) is 27.9 Å². The van der Waals surface area contributed by atoms with Gasteiger partial charge in [-0.15, -0.1) is 11.3 Å². The Bertz CT molecular complexity index is 762. The van der Waals surface area contributed by atoms with Crippen LogP contribution in [0.3, 0.4) is 0 Å². The molecule has 0 saturated heterocycles. The Morgan fingerprint density at radius 1 is 1.35 bits per heavy atom. The van der Waals surface area contributed by atoms with E-state index in [4.69, 9.17) is 0 Å². The van der Waals surface area contributed by atoms with E-state index in [0.29, 0.717) is 18.0 Å². The molecule has 8 heteroatoms. The fourth-order valence-electron chi connectivity index (χ4n) is 2.36. The number of nitrogens with zero attached hydrogens (tertiary/aromatic N) is 3. The van der Waals surface area contributed by atoms with Crippen molar-refractivity contribution in [1.82, 2.24) is 20.5 Å². The maximum atomic E-state index is 12.1. The average Bonchev–Trinajstić information content (AvgIpc) is 3.05. The molecule has 6 nitrogen and oxygen atoms in total. The van der Waals surface area contributed by atoms with E-state index in [-0.39, 0.29) is 5.91 Å². The van der Waals surface area contributed by atoms with Gasteiger partial charge in [-0.2, -0.15) is 0 Å². The lowest BCUT2D eigenvalue weighted by Crippen LogP contribution is -2.39. The van der Waals surface area contributed by atoms with Crippen LogP contribution in [-0.2, 0) is 6.54 Å². The number of rotatable bonds is 7. The van der Waals surface area contributed by atoms with Gasteiger partial charge in [0.25, 0.3) is 5.91 Å². The van der Waals surface area contributed by atoms with E-state index in [1.807, 2.05) is 39.1 Å². The average molecular weight is 438 g/mol. The Morgan fingerprint density at radius 2 is 2.12 bits per heavy atom. The molecule has 1 heterocycles. The Morgan fingerprint density at radius 3 is 2.77 bits per heavy atom. The number of carbonyl (C=O) groups excluding carboxylic acids is 1. The number of aromatic nitrogens is 1. The van der Waals surface area contributed by atoms with Crippen LogP contribution in [0.5, 0.6) is 0 Å². The number of hydrogen-bond donors (Lipinski definition) is 2. The quantitative estimate of drug-likeness (QED) is 0.396. The van der Waals surface area contributed by atoms with Gasteiger partial charge in [-0.25, -0.2) is 4.98 Å². The van der Waals surface area contributed by atoms with Gasteiger partial charge in [0.1, 0.15) is 4.88 Å². The van der Waals surface area contributed by atoms with E-state index in [1.54, 1.807) is 5.51 Å². The van der Waals surface area contributed by atoms with Crippen LogP contribution in [0, 0.1) is 6.92 Å². The summed E-state index contributed by atoms with van der Waals surface area (Å²) in [6, 6.07) is 8.14. The summed E-state index contributed by atoms with van der Waals surface area (Å²) in [5.74, 6) is 0.721. The molecule has 0 saturated carbocycles. The topological polar surface area (TPSA) is 69.6 Å². The van der Waals surface area contributed by atoms with Gasteiger partial charge < -0.3 is 15.5 Å². The minimum Gasteiger partial charge on any atom is -0.357 e. The zero-order valence-electron chi connectivity index (χ0n) is 15.3. The van der Waals surface area contributed by atoms with Crippen molar-refractivity contribution >= 4 is 39.1 Å². The molecule has 0 atom stereocenters. The van der Waals surface area contributed by atoms with E-state index < -0.39 is 0 Å². The lowest BCUT2D eigenvalue weighted by Gasteiger charge is -2.22. The smallest absolute Gasteiger partial charge is 0.263 e. The molecule has 1 aromatic heterocycles. The summed E-state index contributed by atoms with van der Waals surface area (Å²) in [6.07, 6.45) is 0. The maximum absolute atomic E-state index is 12.1. The number of carbonyl (C=O) groups is 1. The van der Waals surface area contributed by atoms with Crippen molar-refractivity contribution in [3.05, 3.63) is 50.4 Å². The second kappa shape index (κ2) is 10.3.